The van der Waals surface area contributed by atoms with E-state index in [9.17, 15) is 0 Å². The van der Waals surface area contributed by atoms with Gasteiger partial charge < -0.3 is 4.57 Å². The third-order valence-electron chi connectivity index (χ3n) is 8.83. The molecule has 0 fully saturated rings. The van der Waals surface area contributed by atoms with Gasteiger partial charge in [-0.05, 0) is 115 Å². The fraction of sp³-hybridized carbons (Fsp3) is 0. The number of hydrogen-bond acceptors (Lipinski definition) is 0. The Labute approximate surface area is 265 Å². The molecule has 0 saturated heterocycles. The van der Waals surface area contributed by atoms with Crippen LogP contribution in [-0.2, 0) is 0 Å². The molecule has 1 nitrogen and oxygen atoms in total. The fourth-order valence-corrected chi connectivity index (χ4v) is 7.60. The first-order chi connectivity index (χ1) is 21.1. The van der Waals surface area contributed by atoms with Crippen LogP contribution in [0.25, 0.3) is 81.7 Å². The van der Waals surface area contributed by atoms with E-state index in [1.165, 1.54) is 81.7 Å². The lowest BCUT2D eigenvalue weighted by atomic mass is 9.92. The van der Waals surface area contributed by atoms with E-state index in [0.29, 0.717) is 0 Å². The largest absolute Gasteiger partial charge is 0.309 e. The molecule has 8 aromatic carbocycles. The minimum Gasteiger partial charge on any atom is -0.309 e. The number of rotatable bonds is 2. The second-order valence-corrected chi connectivity index (χ2v) is 13.1. The summed E-state index contributed by atoms with van der Waals surface area (Å²) in [7, 11) is 0. The third-order valence-corrected chi connectivity index (χ3v) is 9.81. The van der Waals surface area contributed by atoms with Crippen molar-refractivity contribution in [2.24, 2.45) is 0 Å². The monoisotopic (exact) mass is 675 g/mol. The molecule has 0 bridgehead atoms. The summed E-state index contributed by atoms with van der Waals surface area (Å²) in [5, 5.41) is 12.6. The van der Waals surface area contributed by atoms with Gasteiger partial charge in [-0.1, -0.05) is 105 Å². The summed E-state index contributed by atoms with van der Waals surface area (Å²) in [6.45, 7) is 0. The maximum absolute atomic E-state index is 3.71. The molecule has 0 atom stereocenters. The topological polar surface area (TPSA) is 4.93 Å². The predicted molar refractivity (Wildman–Crippen MR) is 192 cm³/mol. The molecule has 0 aliphatic rings. The Morgan fingerprint density at radius 1 is 0.349 bits per heavy atom. The summed E-state index contributed by atoms with van der Waals surface area (Å²) in [5.41, 5.74) is 5.99. The van der Waals surface area contributed by atoms with E-state index >= 15 is 0 Å². The van der Waals surface area contributed by atoms with E-state index in [1.54, 1.807) is 0 Å². The summed E-state index contributed by atoms with van der Waals surface area (Å²) in [6, 6.07) is 51.2. The summed E-state index contributed by atoms with van der Waals surface area (Å²) in [5.74, 6) is 0. The van der Waals surface area contributed by atoms with Gasteiger partial charge in [0.05, 0.1) is 16.7 Å². The van der Waals surface area contributed by atoms with Gasteiger partial charge in [-0.25, -0.2) is 0 Å². The maximum atomic E-state index is 3.71. The first-order valence-corrected chi connectivity index (χ1v) is 16.0. The molecule has 9 aromatic rings. The number of hydrogen-bond donors (Lipinski definition) is 0. The van der Waals surface area contributed by atoms with Gasteiger partial charge in [-0.2, -0.15) is 0 Å². The van der Waals surface area contributed by atoms with E-state index in [2.05, 4.69) is 176 Å². The van der Waals surface area contributed by atoms with Gasteiger partial charge in [-0.15, -0.1) is 0 Å². The van der Waals surface area contributed by atoms with Gasteiger partial charge in [0.2, 0.25) is 0 Å². The first-order valence-electron chi connectivity index (χ1n) is 14.4. The van der Waals surface area contributed by atoms with Crippen LogP contribution in [0.1, 0.15) is 0 Å². The van der Waals surface area contributed by atoms with Crippen molar-refractivity contribution >= 4 is 96.8 Å². The number of halogens is 2. The smallest absolute Gasteiger partial charge is 0.0542 e. The van der Waals surface area contributed by atoms with Gasteiger partial charge in [0.1, 0.15) is 0 Å². The molecule has 202 valence electrons. The SMILES string of the molecule is Brc1ccc2c(c1)c1cc(Br)ccc1n2-c1ccccc1-c1cccc2cc3ccc4cc5ccccc5cc4c3cc12. The Balaban J connectivity index is 1.36. The molecule has 0 aliphatic heterocycles. The highest BCUT2D eigenvalue weighted by Gasteiger charge is 2.17. The minimum atomic E-state index is 1.08. The Morgan fingerprint density at radius 2 is 0.884 bits per heavy atom. The van der Waals surface area contributed by atoms with Gasteiger partial charge in [-0.3, -0.25) is 0 Å². The average molecular weight is 677 g/mol. The van der Waals surface area contributed by atoms with Gasteiger partial charge in [0.25, 0.3) is 0 Å². The lowest BCUT2D eigenvalue weighted by molar-refractivity contribution is 1.18. The van der Waals surface area contributed by atoms with Crippen molar-refractivity contribution in [1.82, 2.24) is 4.57 Å². The zero-order valence-electron chi connectivity index (χ0n) is 23.0. The van der Waals surface area contributed by atoms with Crippen LogP contribution in [-0.4, -0.2) is 4.57 Å². The second-order valence-electron chi connectivity index (χ2n) is 11.3. The molecule has 0 saturated carbocycles. The van der Waals surface area contributed by atoms with Crippen molar-refractivity contribution in [3.63, 3.8) is 0 Å². The van der Waals surface area contributed by atoms with E-state index in [1.807, 2.05) is 0 Å². The Kier molecular flexibility index (Phi) is 5.56. The van der Waals surface area contributed by atoms with Crippen LogP contribution in [0.2, 0.25) is 0 Å². The van der Waals surface area contributed by atoms with E-state index in [4.69, 9.17) is 0 Å². The lowest BCUT2D eigenvalue weighted by Gasteiger charge is -2.16. The van der Waals surface area contributed by atoms with E-state index in [0.717, 1.165) is 8.95 Å². The third kappa shape index (κ3) is 3.89. The molecular formula is C40H23Br2N. The normalized spacial score (nSPS) is 12.0. The van der Waals surface area contributed by atoms with Crippen LogP contribution in [0.4, 0.5) is 0 Å². The molecular weight excluding hydrogens is 654 g/mol. The molecule has 0 amide bonds. The van der Waals surface area contributed by atoms with Crippen LogP contribution in [0.5, 0.6) is 0 Å². The van der Waals surface area contributed by atoms with E-state index in [-0.39, 0.29) is 0 Å². The van der Waals surface area contributed by atoms with Crippen molar-refractivity contribution in [2.45, 2.75) is 0 Å². The highest BCUT2D eigenvalue weighted by atomic mass is 79.9. The second kappa shape index (κ2) is 9.54. The number of aromatic nitrogens is 1. The summed E-state index contributed by atoms with van der Waals surface area (Å²) in [6.07, 6.45) is 0. The predicted octanol–water partition coefficient (Wildman–Crippen LogP) is 12.6. The van der Waals surface area contributed by atoms with Crippen LogP contribution < -0.4 is 0 Å². The lowest BCUT2D eigenvalue weighted by Crippen LogP contribution is -1.97. The fourth-order valence-electron chi connectivity index (χ4n) is 6.88. The van der Waals surface area contributed by atoms with Crippen molar-refractivity contribution in [2.75, 3.05) is 0 Å². The van der Waals surface area contributed by atoms with Gasteiger partial charge in [0, 0.05) is 25.3 Å². The maximum Gasteiger partial charge on any atom is 0.0542 e. The van der Waals surface area contributed by atoms with E-state index < -0.39 is 0 Å². The van der Waals surface area contributed by atoms with Crippen molar-refractivity contribution in [1.29, 1.82) is 0 Å². The number of benzene rings is 8. The minimum absolute atomic E-state index is 1.08. The molecule has 0 spiro atoms. The van der Waals surface area contributed by atoms with Gasteiger partial charge in [0.15, 0.2) is 0 Å². The van der Waals surface area contributed by atoms with Crippen LogP contribution in [0, 0.1) is 0 Å². The van der Waals surface area contributed by atoms with Crippen molar-refractivity contribution < 1.29 is 0 Å². The van der Waals surface area contributed by atoms with Crippen LogP contribution in [0.3, 0.4) is 0 Å². The standard InChI is InChI=1S/C40H23Br2N/c41-29-14-16-39-36(21-29)37-22-30(42)15-17-40(37)43(39)38-11-4-3-9-32(38)31-10-5-8-26-19-28-13-12-27-18-24-6-1-2-7-25(24)20-33(27)35(28)23-34(26)31/h1-23H. The number of para-hydroxylation sites is 1. The molecule has 0 aliphatic carbocycles. The van der Waals surface area contributed by atoms with Gasteiger partial charge >= 0.3 is 0 Å². The summed E-state index contributed by atoms with van der Waals surface area (Å²) >= 11 is 7.42. The molecule has 43 heavy (non-hydrogen) atoms. The Hall–Kier alpha value is -4.44. The quantitative estimate of drug-likeness (QED) is 0.127. The first kappa shape index (κ1) is 25.1. The Bertz CT molecular complexity index is 2530. The molecule has 0 N–H and O–H groups in total. The summed E-state index contributed by atoms with van der Waals surface area (Å²) < 4.78 is 4.57. The molecule has 0 unspecified atom stereocenters. The number of nitrogens with zero attached hydrogens (tertiary/aromatic N) is 1. The molecule has 3 heteroatoms. The molecule has 1 heterocycles. The highest BCUT2D eigenvalue weighted by molar-refractivity contribution is 9.10. The highest BCUT2D eigenvalue weighted by Crippen LogP contribution is 2.41. The molecule has 9 rings (SSSR count). The molecule has 1 aromatic heterocycles. The van der Waals surface area contributed by atoms with Crippen LogP contribution in [0.15, 0.2) is 148 Å². The van der Waals surface area contributed by atoms with Crippen molar-refractivity contribution in [3.8, 4) is 16.8 Å². The summed E-state index contributed by atoms with van der Waals surface area (Å²) in [4.78, 5) is 0. The van der Waals surface area contributed by atoms with Crippen molar-refractivity contribution in [3.05, 3.63) is 148 Å². The zero-order chi connectivity index (χ0) is 28.7. The average Bonchev–Trinajstić information content (AvgIpc) is 3.35. The molecule has 0 radical (unpaired) electrons. The Morgan fingerprint density at radius 3 is 1.60 bits per heavy atom. The number of fused-ring (bicyclic) bond motifs is 8. The van der Waals surface area contributed by atoms with Crippen LogP contribution >= 0.6 is 31.9 Å². The zero-order valence-corrected chi connectivity index (χ0v) is 26.2.